The molecule has 1 aromatic carbocycles. The van der Waals surface area contributed by atoms with Gasteiger partial charge in [-0.25, -0.2) is 4.79 Å². The van der Waals surface area contributed by atoms with Gasteiger partial charge in [-0.3, -0.25) is 4.79 Å². The molecule has 0 aromatic heterocycles. The lowest BCUT2D eigenvalue weighted by molar-refractivity contribution is -0.131. The van der Waals surface area contributed by atoms with Gasteiger partial charge >= 0.3 is 5.97 Å². The second-order valence-corrected chi connectivity index (χ2v) is 3.89. The number of carbonyl (C=O) groups excluding carboxylic acids is 1. The number of carboxylic acid groups (broad SMARTS) is 1. The first-order chi connectivity index (χ1) is 7.91. The lowest BCUT2D eigenvalue weighted by atomic mass is 10.1. The number of hydrogen-bond donors (Lipinski definition) is 1. The maximum absolute atomic E-state index is 11.3. The Labute approximate surface area is 104 Å². The van der Waals surface area contributed by atoms with E-state index in [-0.39, 0.29) is 5.91 Å². The first kappa shape index (κ1) is 13.3. The van der Waals surface area contributed by atoms with E-state index in [0.717, 1.165) is 6.08 Å². The van der Waals surface area contributed by atoms with Crippen molar-refractivity contribution in [1.82, 2.24) is 0 Å². The Kier molecular flexibility index (Phi) is 4.29. The molecule has 17 heavy (non-hydrogen) atoms. The molecule has 0 aliphatic carbocycles. The van der Waals surface area contributed by atoms with E-state index in [1.807, 2.05) is 0 Å². The molecule has 1 aromatic rings. The summed E-state index contributed by atoms with van der Waals surface area (Å²) in [5.74, 6) is -1.20. The standard InChI is InChI=1S/C12H12ClNO3/c1-8(15)14(2)11-5-4-10(13)7-9(11)3-6-12(16)17/h3-7H,1-2H3,(H,16,17)/b6-3+. The van der Waals surface area contributed by atoms with Gasteiger partial charge in [0.2, 0.25) is 5.91 Å². The highest BCUT2D eigenvalue weighted by molar-refractivity contribution is 6.30. The smallest absolute Gasteiger partial charge is 0.328 e. The molecular weight excluding hydrogens is 242 g/mol. The fourth-order valence-electron chi connectivity index (χ4n) is 1.30. The van der Waals surface area contributed by atoms with Crippen molar-refractivity contribution in [2.45, 2.75) is 6.92 Å². The Morgan fingerprint density at radius 3 is 2.59 bits per heavy atom. The van der Waals surface area contributed by atoms with Gasteiger partial charge in [-0.05, 0) is 29.8 Å². The molecule has 4 nitrogen and oxygen atoms in total. The minimum atomic E-state index is -1.05. The van der Waals surface area contributed by atoms with Gasteiger partial charge in [0.25, 0.3) is 0 Å². The largest absolute Gasteiger partial charge is 0.478 e. The molecule has 0 atom stereocenters. The van der Waals surface area contributed by atoms with Crippen molar-refractivity contribution >= 4 is 35.2 Å². The van der Waals surface area contributed by atoms with Crippen LogP contribution in [0.3, 0.4) is 0 Å². The molecule has 0 bridgehead atoms. The molecule has 0 aliphatic rings. The van der Waals surface area contributed by atoms with Crippen LogP contribution in [0.25, 0.3) is 6.08 Å². The van der Waals surface area contributed by atoms with Gasteiger partial charge in [0.15, 0.2) is 0 Å². The Bertz CT molecular complexity index is 483. The summed E-state index contributed by atoms with van der Waals surface area (Å²) < 4.78 is 0. The van der Waals surface area contributed by atoms with E-state index in [1.54, 1.807) is 25.2 Å². The molecule has 0 aliphatic heterocycles. The summed E-state index contributed by atoms with van der Waals surface area (Å²) in [5.41, 5.74) is 1.19. The summed E-state index contributed by atoms with van der Waals surface area (Å²) in [6.07, 6.45) is 2.41. The first-order valence-corrected chi connectivity index (χ1v) is 5.24. The zero-order chi connectivity index (χ0) is 13.0. The van der Waals surface area contributed by atoms with Crippen LogP contribution in [0.5, 0.6) is 0 Å². The third kappa shape index (κ3) is 3.60. The van der Waals surface area contributed by atoms with Crippen molar-refractivity contribution in [3.8, 4) is 0 Å². The van der Waals surface area contributed by atoms with Crippen LogP contribution < -0.4 is 4.90 Å². The minimum Gasteiger partial charge on any atom is -0.478 e. The third-order valence-electron chi connectivity index (χ3n) is 2.23. The number of halogens is 1. The van der Waals surface area contributed by atoms with Gasteiger partial charge in [-0.1, -0.05) is 11.6 Å². The lowest BCUT2D eigenvalue weighted by Gasteiger charge is -2.17. The second-order valence-electron chi connectivity index (χ2n) is 3.45. The van der Waals surface area contributed by atoms with Crippen molar-refractivity contribution < 1.29 is 14.7 Å². The number of carboxylic acids is 1. The Balaban J connectivity index is 3.21. The topological polar surface area (TPSA) is 57.6 Å². The van der Waals surface area contributed by atoms with Gasteiger partial charge in [-0.2, -0.15) is 0 Å². The van der Waals surface area contributed by atoms with Crippen LogP contribution in [0.1, 0.15) is 12.5 Å². The molecule has 0 unspecified atom stereocenters. The van der Waals surface area contributed by atoms with E-state index < -0.39 is 5.97 Å². The number of aliphatic carboxylic acids is 1. The van der Waals surface area contributed by atoms with Crippen molar-refractivity contribution in [1.29, 1.82) is 0 Å². The first-order valence-electron chi connectivity index (χ1n) is 4.86. The SMILES string of the molecule is CC(=O)N(C)c1ccc(Cl)cc1/C=C/C(=O)O. The molecule has 0 fully saturated rings. The highest BCUT2D eigenvalue weighted by Gasteiger charge is 2.09. The van der Waals surface area contributed by atoms with Crippen LogP contribution in [0.15, 0.2) is 24.3 Å². The maximum Gasteiger partial charge on any atom is 0.328 e. The van der Waals surface area contributed by atoms with Crippen molar-refractivity contribution in [2.24, 2.45) is 0 Å². The fourth-order valence-corrected chi connectivity index (χ4v) is 1.48. The van der Waals surface area contributed by atoms with Gasteiger partial charge < -0.3 is 10.0 Å². The van der Waals surface area contributed by atoms with Crippen LogP contribution in [0.2, 0.25) is 5.02 Å². The summed E-state index contributed by atoms with van der Waals surface area (Å²) in [4.78, 5) is 23.2. The molecule has 90 valence electrons. The Morgan fingerprint density at radius 1 is 1.41 bits per heavy atom. The zero-order valence-corrected chi connectivity index (χ0v) is 10.2. The van der Waals surface area contributed by atoms with Crippen LogP contribution in [-0.2, 0) is 9.59 Å². The Morgan fingerprint density at radius 2 is 2.06 bits per heavy atom. The number of hydrogen-bond acceptors (Lipinski definition) is 2. The van der Waals surface area contributed by atoms with Gasteiger partial charge in [0.05, 0.1) is 5.69 Å². The lowest BCUT2D eigenvalue weighted by Crippen LogP contribution is -2.23. The molecule has 0 saturated carbocycles. The van der Waals surface area contributed by atoms with E-state index in [4.69, 9.17) is 16.7 Å². The molecule has 0 spiro atoms. The number of carbonyl (C=O) groups is 2. The van der Waals surface area contributed by atoms with Crippen LogP contribution in [0.4, 0.5) is 5.69 Å². The van der Waals surface area contributed by atoms with E-state index in [1.165, 1.54) is 17.9 Å². The zero-order valence-electron chi connectivity index (χ0n) is 9.48. The predicted octanol–water partition coefficient (Wildman–Crippen LogP) is 2.42. The van der Waals surface area contributed by atoms with Crippen molar-refractivity contribution in [3.63, 3.8) is 0 Å². The van der Waals surface area contributed by atoms with E-state index in [0.29, 0.717) is 16.3 Å². The average molecular weight is 254 g/mol. The normalized spacial score (nSPS) is 10.5. The predicted molar refractivity (Wildman–Crippen MR) is 67.2 cm³/mol. The summed E-state index contributed by atoms with van der Waals surface area (Å²) in [6, 6.07) is 4.93. The number of nitrogens with zero attached hydrogens (tertiary/aromatic N) is 1. The number of anilines is 1. The van der Waals surface area contributed by atoms with Crippen molar-refractivity contribution in [2.75, 3.05) is 11.9 Å². The molecule has 1 N–H and O–H groups in total. The number of rotatable bonds is 3. The van der Waals surface area contributed by atoms with Crippen LogP contribution >= 0.6 is 11.6 Å². The van der Waals surface area contributed by atoms with Crippen LogP contribution in [-0.4, -0.2) is 24.0 Å². The van der Waals surface area contributed by atoms with Gasteiger partial charge in [-0.15, -0.1) is 0 Å². The van der Waals surface area contributed by atoms with Crippen molar-refractivity contribution in [3.05, 3.63) is 34.9 Å². The van der Waals surface area contributed by atoms with Crippen LogP contribution in [0, 0.1) is 0 Å². The van der Waals surface area contributed by atoms with E-state index in [9.17, 15) is 9.59 Å². The maximum atomic E-state index is 11.3. The minimum absolute atomic E-state index is 0.141. The summed E-state index contributed by atoms with van der Waals surface area (Å²) in [5, 5.41) is 9.06. The third-order valence-corrected chi connectivity index (χ3v) is 2.46. The molecule has 1 rings (SSSR count). The summed E-state index contributed by atoms with van der Waals surface area (Å²) in [7, 11) is 1.61. The summed E-state index contributed by atoms with van der Waals surface area (Å²) in [6.45, 7) is 1.43. The van der Waals surface area contributed by atoms with Gasteiger partial charge in [0, 0.05) is 25.1 Å². The number of amides is 1. The highest BCUT2D eigenvalue weighted by atomic mass is 35.5. The highest BCUT2D eigenvalue weighted by Crippen LogP contribution is 2.24. The fraction of sp³-hybridized carbons (Fsp3) is 0.167. The average Bonchev–Trinajstić information content (AvgIpc) is 2.25. The monoisotopic (exact) mass is 253 g/mol. The molecule has 0 heterocycles. The second kappa shape index (κ2) is 5.50. The molecular formula is C12H12ClNO3. The van der Waals surface area contributed by atoms with Gasteiger partial charge in [0.1, 0.15) is 0 Å². The number of benzene rings is 1. The molecule has 1 amide bonds. The van der Waals surface area contributed by atoms with E-state index in [2.05, 4.69) is 0 Å². The summed E-state index contributed by atoms with van der Waals surface area (Å²) >= 11 is 5.83. The molecule has 0 radical (unpaired) electrons. The Hall–Kier alpha value is -1.81. The molecule has 0 saturated heterocycles. The quantitative estimate of drug-likeness (QED) is 0.842. The van der Waals surface area contributed by atoms with E-state index >= 15 is 0 Å². The molecule has 5 heteroatoms.